The van der Waals surface area contributed by atoms with Crippen LogP contribution in [0.4, 0.5) is 4.39 Å². The molecule has 4 heterocycles. The summed E-state index contributed by atoms with van der Waals surface area (Å²) in [6.45, 7) is 5.21. The molecular weight excluding hydrogens is 561 g/mol. The van der Waals surface area contributed by atoms with Gasteiger partial charge in [-0.3, -0.25) is 4.90 Å². The molecule has 3 aliphatic rings. The zero-order valence-electron chi connectivity index (χ0n) is 23.0. The molecule has 10 heteroatoms. The smallest absolute Gasteiger partial charge is 0.335 e. The second kappa shape index (κ2) is 10.4. The average Bonchev–Trinajstić information content (AvgIpc) is 3.47. The maximum absolute atomic E-state index is 14.8. The largest absolute Gasteiger partial charge is 0.478 e. The molecule has 3 aromatic carbocycles. The summed E-state index contributed by atoms with van der Waals surface area (Å²) in [5, 5.41) is 9.83. The molecule has 1 unspecified atom stereocenters. The number of fused-ring (bicyclic) bond motifs is 2. The summed E-state index contributed by atoms with van der Waals surface area (Å²) in [5.74, 6) is -0.692. The van der Waals surface area contributed by atoms with E-state index in [-0.39, 0.29) is 17.2 Å². The molecule has 1 aromatic heterocycles. The molecule has 8 nitrogen and oxygen atoms in total. The van der Waals surface area contributed by atoms with Crippen LogP contribution in [0, 0.1) is 5.82 Å². The fourth-order valence-electron chi connectivity index (χ4n) is 5.91. The van der Waals surface area contributed by atoms with Crippen molar-refractivity contribution in [1.29, 1.82) is 0 Å². The zero-order chi connectivity index (χ0) is 29.0. The lowest BCUT2D eigenvalue weighted by molar-refractivity contribution is -0.0708. The summed E-state index contributed by atoms with van der Waals surface area (Å²) in [6, 6.07) is 15.3. The van der Waals surface area contributed by atoms with E-state index < -0.39 is 17.6 Å². The molecule has 1 N–H and O–H groups in total. The molecule has 216 valence electrons. The van der Waals surface area contributed by atoms with Crippen LogP contribution in [0.3, 0.4) is 0 Å². The van der Waals surface area contributed by atoms with E-state index in [2.05, 4.69) is 15.5 Å². The summed E-state index contributed by atoms with van der Waals surface area (Å²) < 4.78 is 35.0. The van der Waals surface area contributed by atoms with Crippen molar-refractivity contribution in [2.24, 2.45) is 0 Å². The van der Waals surface area contributed by atoms with Gasteiger partial charge in [-0.25, -0.2) is 14.2 Å². The predicted octanol–water partition coefficient (Wildman–Crippen LogP) is 6.25. The maximum Gasteiger partial charge on any atom is 0.335 e. The fraction of sp³-hybridized carbons (Fsp3) is 0.312. The molecule has 2 atom stereocenters. The van der Waals surface area contributed by atoms with Crippen molar-refractivity contribution >= 4 is 34.2 Å². The molecule has 0 saturated carbocycles. The van der Waals surface area contributed by atoms with Crippen molar-refractivity contribution in [2.75, 3.05) is 19.7 Å². The van der Waals surface area contributed by atoms with E-state index in [4.69, 9.17) is 30.8 Å². The lowest BCUT2D eigenvalue weighted by Crippen LogP contribution is -2.34. The van der Waals surface area contributed by atoms with Crippen molar-refractivity contribution in [2.45, 2.75) is 44.7 Å². The molecule has 3 aliphatic heterocycles. The van der Waals surface area contributed by atoms with Gasteiger partial charge in [0.05, 0.1) is 41.4 Å². The van der Waals surface area contributed by atoms with E-state index in [1.165, 1.54) is 6.07 Å². The number of aromatic nitrogens is 2. The highest BCUT2D eigenvalue weighted by Gasteiger charge is 2.42. The summed E-state index contributed by atoms with van der Waals surface area (Å²) in [7, 11) is 0. The van der Waals surface area contributed by atoms with Gasteiger partial charge in [-0.15, -0.1) is 0 Å². The quantitative estimate of drug-likeness (QED) is 0.273. The van der Waals surface area contributed by atoms with Crippen LogP contribution < -0.4 is 9.47 Å². The van der Waals surface area contributed by atoms with Crippen LogP contribution in [0.15, 0.2) is 60.7 Å². The Bertz CT molecular complexity index is 1750. The third-order valence-corrected chi connectivity index (χ3v) is 8.49. The zero-order valence-corrected chi connectivity index (χ0v) is 23.7. The minimum absolute atomic E-state index is 0.108. The number of halogens is 2. The second-order valence-electron chi connectivity index (χ2n) is 11.1. The van der Waals surface area contributed by atoms with Gasteiger partial charge in [0, 0.05) is 37.2 Å². The lowest BCUT2D eigenvalue weighted by atomic mass is 9.98. The minimum atomic E-state index is -1.31. The Morgan fingerprint density at radius 1 is 1.19 bits per heavy atom. The van der Waals surface area contributed by atoms with E-state index >= 15 is 0 Å². The first-order valence-electron chi connectivity index (χ1n) is 14.0. The third kappa shape index (κ3) is 4.81. The van der Waals surface area contributed by atoms with Crippen molar-refractivity contribution in [1.82, 2.24) is 14.5 Å². The Hall–Kier alpha value is -3.92. The van der Waals surface area contributed by atoms with Crippen molar-refractivity contribution in [3.05, 3.63) is 94.0 Å². The monoisotopic (exact) mass is 589 g/mol. The number of para-hydroxylation sites is 1. The molecule has 1 saturated heterocycles. The van der Waals surface area contributed by atoms with Crippen LogP contribution in [-0.4, -0.2) is 51.3 Å². The Morgan fingerprint density at radius 2 is 2.05 bits per heavy atom. The Morgan fingerprint density at radius 3 is 2.76 bits per heavy atom. The molecule has 42 heavy (non-hydrogen) atoms. The number of hydrogen-bond donors (Lipinski definition) is 1. The van der Waals surface area contributed by atoms with Crippen LogP contribution in [0.25, 0.3) is 16.6 Å². The van der Waals surface area contributed by atoms with Crippen molar-refractivity contribution < 1.29 is 28.5 Å². The fourth-order valence-corrected chi connectivity index (χ4v) is 6.07. The number of hydrogen-bond acceptors (Lipinski definition) is 6. The Labute approximate surface area is 246 Å². The van der Waals surface area contributed by atoms with Crippen LogP contribution in [0.1, 0.15) is 47.1 Å². The highest BCUT2D eigenvalue weighted by Crippen LogP contribution is 2.49. The number of aromatic carboxylic acids is 1. The van der Waals surface area contributed by atoms with E-state index in [1.54, 1.807) is 37.3 Å². The summed E-state index contributed by atoms with van der Waals surface area (Å²) in [5.41, 5.74) is 4.18. The van der Waals surface area contributed by atoms with Crippen LogP contribution in [-0.2, 0) is 23.6 Å². The standard InChI is InChI=1S/C32H29ClFN3O5/c1-32(24-7-6-21(33)16-25(24)34)41-28-4-2-3-23(30(28)42-32)19-9-12-36(13-10-19)18-29-35-26-8-5-20(31(38)39)15-27(26)37(29)17-22-11-14-40-22/h2-9,15-16,22H,10-14,17-18H2,1H3,(H,38,39)/t22-,32?/m0/s1. The number of carboxylic acids is 1. The SMILES string of the molecule is CC1(c2ccc(Cl)cc2F)Oc2cccc(C3=CCN(Cc4nc5ccc(C(=O)O)cc5n4C[C@@H]4CCO4)CC3)c2O1. The van der Waals surface area contributed by atoms with Gasteiger partial charge in [0.25, 0.3) is 5.79 Å². The molecule has 7 rings (SSSR count). The topological polar surface area (TPSA) is 86.1 Å². The number of nitrogens with zero attached hydrogens (tertiary/aromatic N) is 3. The first-order chi connectivity index (χ1) is 20.3. The number of carbonyl (C=O) groups is 1. The maximum atomic E-state index is 14.8. The Balaban J connectivity index is 1.12. The van der Waals surface area contributed by atoms with Gasteiger partial charge in [-0.2, -0.15) is 0 Å². The number of rotatable bonds is 7. The second-order valence-corrected chi connectivity index (χ2v) is 11.5. The van der Waals surface area contributed by atoms with Crippen LogP contribution in [0.5, 0.6) is 11.5 Å². The Kier molecular flexibility index (Phi) is 6.68. The summed E-state index contributed by atoms with van der Waals surface area (Å²) in [4.78, 5) is 18.8. The highest BCUT2D eigenvalue weighted by atomic mass is 35.5. The number of imidazole rings is 1. The van der Waals surface area contributed by atoms with Crippen molar-refractivity contribution in [3.8, 4) is 11.5 Å². The molecular formula is C32H29ClFN3O5. The van der Waals surface area contributed by atoms with E-state index in [0.29, 0.717) is 36.2 Å². The van der Waals surface area contributed by atoms with Gasteiger partial charge in [0.2, 0.25) is 0 Å². The first-order valence-corrected chi connectivity index (χ1v) is 14.4. The molecule has 0 aliphatic carbocycles. The van der Waals surface area contributed by atoms with Crippen molar-refractivity contribution in [3.63, 3.8) is 0 Å². The first kappa shape index (κ1) is 26.9. The van der Waals surface area contributed by atoms with Gasteiger partial charge < -0.3 is 23.9 Å². The van der Waals surface area contributed by atoms with Crippen LogP contribution >= 0.6 is 11.6 Å². The summed E-state index contributed by atoms with van der Waals surface area (Å²) >= 11 is 5.96. The molecule has 0 bridgehead atoms. The third-order valence-electron chi connectivity index (χ3n) is 8.26. The predicted molar refractivity (Wildman–Crippen MR) is 155 cm³/mol. The molecule has 0 spiro atoms. The minimum Gasteiger partial charge on any atom is -0.478 e. The lowest BCUT2D eigenvalue weighted by Gasteiger charge is -2.29. The number of ether oxygens (including phenoxy) is 3. The molecule has 4 aromatic rings. The number of carboxylic acid groups (broad SMARTS) is 1. The average molecular weight is 590 g/mol. The normalized spacial score (nSPS) is 21.8. The molecule has 0 amide bonds. The van der Waals surface area contributed by atoms with E-state index in [0.717, 1.165) is 54.0 Å². The van der Waals surface area contributed by atoms with Gasteiger partial charge >= 0.3 is 5.97 Å². The van der Waals surface area contributed by atoms with E-state index in [9.17, 15) is 14.3 Å². The van der Waals surface area contributed by atoms with Gasteiger partial charge in [-0.1, -0.05) is 29.8 Å². The number of benzene rings is 3. The van der Waals surface area contributed by atoms with Gasteiger partial charge in [0.15, 0.2) is 11.5 Å². The van der Waals surface area contributed by atoms with Crippen LogP contribution in [0.2, 0.25) is 5.02 Å². The van der Waals surface area contributed by atoms with Gasteiger partial charge in [-0.05, 0) is 60.9 Å². The highest BCUT2D eigenvalue weighted by molar-refractivity contribution is 6.30. The molecule has 1 fully saturated rings. The molecule has 0 radical (unpaired) electrons. The van der Waals surface area contributed by atoms with E-state index in [1.807, 2.05) is 18.2 Å². The van der Waals surface area contributed by atoms with Gasteiger partial charge in [0.1, 0.15) is 11.6 Å². The summed E-state index contributed by atoms with van der Waals surface area (Å²) in [6.07, 6.45) is 4.05.